The van der Waals surface area contributed by atoms with E-state index in [1.54, 1.807) is 35.2 Å². The number of nitrogens with zero attached hydrogens (tertiary/aromatic N) is 3. The van der Waals surface area contributed by atoms with Gasteiger partial charge in [0.2, 0.25) is 11.8 Å². The molecule has 0 radical (unpaired) electrons. The molecule has 0 saturated carbocycles. The predicted molar refractivity (Wildman–Crippen MR) is 114 cm³/mol. The van der Waals surface area contributed by atoms with E-state index in [4.69, 9.17) is 4.74 Å². The minimum absolute atomic E-state index is 0.0917. The average molecular weight is 468 g/mol. The summed E-state index contributed by atoms with van der Waals surface area (Å²) in [6.07, 6.45) is -0.439. The molecule has 1 aromatic rings. The summed E-state index contributed by atoms with van der Waals surface area (Å²) in [6, 6.07) is 7.43. The fourth-order valence-electron chi connectivity index (χ4n) is 3.84. The molecule has 176 valence electrons. The van der Waals surface area contributed by atoms with E-state index in [9.17, 15) is 22.8 Å². The molecule has 1 atom stereocenters. The highest BCUT2D eigenvalue weighted by molar-refractivity contribution is 7.91. The molecule has 2 heterocycles. The van der Waals surface area contributed by atoms with Crippen LogP contribution in [-0.4, -0.2) is 112 Å². The molecule has 0 N–H and O–H groups in total. The average Bonchev–Trinajstić information content (AvgIpc) is 2.83. The molecule has 2 fully saturated rings. The van der Waals surface area contributed by atoms with Crippen LogP contribution in [0.4, 0.5) is 0 Å². The van der Waals surface area contributed by atoms with E-state index in [2.05, 4.69) is 4.74 Å². The van der Waals surface area contributed by atoms with Crippen LogP contribution in [0.2, 0.25) is 0 Å². The molecular formula is C21H29N3O7S. The lowest BCUT2D eigenvalue weighted by Crippen LogP contribution is -2.62. The van der Waals surface area contributed by atoms with Crippen LogP contribution in [0.15, 0.2) is 35.2 Å². The lowest BCUT2D eigenvalue weighted by Gasteiger charge is -2.42. The molecule has 0 aromatic heterocycles. The predicted octanol–water partition coefficient (Wildman–Crippen LogP) is -0.605. The first-order chi connectivity index (χ1) is 15.3. The van der Waals surface area contributed by atoms with E-state index < -0.39 is 34.2 Å². The zero-order valence-corrected chi connectivity index (χ0v) is 19.0. The summed E-state index contributed by atoms with van der Waals surface area (Å²) in [5.41, 5.74) is 0. The summed E-state index contributed by atoms with van der Waals surface area (Å²) in [7, 11) is -2.26. The molecule has 10 nitrogen and oxygen atoms in total. The van der Waals surface area contributed by atoms with Gasteiger partial charge in [0.25, 0.3) is 0 Å². The number of sulfone groups is 1. The molecule has 11 heteroatoms. The molecule has 2 aliphatic rings. The molecule has 3 rings (SSSR count). The lowest BCUT2D eigenvalue weighted by molar-refractivity contribution is -0.155. The van der Waals surface area contributed by atoms with Crippen LogP contribution in [-0.2, 0) is 33.7 Å². The standard InChI is InChI=1S/C21H29N3O7S/c1-30-20(26)15-19(25)24-8-7-22(11-14-32(28,29)17-5-3-2-4-6-17)16-18(24)21(27)23-9-12-31-13-10-23/h2-6,18H,7-16H2,1H3. The van der Waals surface area contributed by atoms with Crippen LogP contribution in [0.25, 0.3) is 0 Å². The first-order valence-corrected chi connectivity index (χ1v) is 12.2. The highest BCUT2D eigenvalue weighted by Crippen LogP contribution is 2.17. The number of carbonyl (C=O) groups excluding carboxylic acids is 3. The second-order valence-electron chi connectivity index (χ2n) is 7.73. The fourth-order valence-corrected chi connectivity index (χ4v) is 5.15. The Morgan fingerprint density at radius 1 is 1.06 bits per heavy atom. The summed E-state index contributed by atoms with van der Waals surface area (Å²) in [5, 5.41) is 0. The zero-order valence-electron chi connectivity index (χ0n) is 18.1. The Balaban J connectivity index is 1.70. The molecular weight excluding hydrogens is 438 g/mol. The zero-order chi connectivity index (χ0) is 23.1. The van der Waals surface area contributed by atoms with Crippen LogP contribution in [0.3, 0.4) is 0 Å². The van der Waals surface area contributed by atoms with Gasteiger partial charge >= 0.3 is 5.97 Å². The maximum Gasteiger partial charge on any atom is 0.315 e. The summed E-state index contributed by atoms with van der Waals surface area (Å²) in [6.45, 7) is 2.78. The molecule has 0 aliphatic carbocycles. The molecule has 1 unspecified atom stereocenters. The Kier molecular flexibility index (Phi) is 8.21. The number of amides is 2. The molecule has 0 spiro atoms. The minimum atomic E-state index is -3.46. The number of benzene rings is 1. The van der Waals surface area contributed by atoms with Crippen molar-refractivity contribution in [2.24, 2.45) is 0 Å². The summed E-state index contributed by atoms with van der Waals surface area (Å²) in [4.78, 5) is 42.7. The highest BCUT2D eigenvalue weighted by atomic mass is 32.2. The van der Waals surface area contributed by atoms with Crippen LogP contribution < -0.4 is 0 Å². The second kappa shape index (κ2) is 10.9. The van der Waals surface area contributed by atoms with Crippen LogP contribution in [0.5, 0.6) is 0 Å². The first kappa shape index (κ1) is 24.1. The number of carbonyl (C=O) groups is 3. The Morgan fingerprint density at radius 2 is 1.75 bits per heavy atom. The number of hydrogen-bond acceptors (Lipinski definition) is 8. The van der Waals surface area contributed by atoms with Crippen molar-refractivity contribution in [3.05, 3.63) is 30.3 Å². The number of methoxy groups -OCH3 is 1. The Bertz CT molecular complexity index is 917. The quantitative estimate of drug-likeness (QED) is 0.386. The van der Waals surface area contributed by atoms with Crippen molar-refractivity contribution in [2.75, 3.05) is 65.3 Å². The topological polar surface area (TPSA) is 114 Å². The van der Waals surface area contributed by atoms with Crippen LogP contribution in [0.1, 0.15) is 6.42 Å². The van der Waals surface area contributed by atoms with Gasteiger partial charge < -0.3 is 19.3 Å². The third-order valence-corrected chi connectivity index (χ3v) is 7.40. The van der Waals surface area contributed by atoms with E-state index in [1.807, 2.05) is 4.90 Å². The smallest absolute Gasteiger partial charge is 0.315 e. The number of rotatable bonds is 7. The van der Waals surface area contributed by atoms with Crippen molar-refractivity contribution in [1.29, 1.82) is 0 Å². The monoisotopic (exact) mass is 467 g/mol. The van der Waals surface area contributed by atoms with Gasteiger partial charge in [-0.1, -0.05) is 18.2 Å². The Labute approximate surface area is 188 Å². The van der Waals surface area contributed by atoms with Gasteiger partial charge in [-0.25, -0.2) is 8.42 Å². The Hall–Kier alpha value is -2.50. The van der Waals surface area contributed by atoms with Gasteiger partial charge in [-0.2, -0.15) is 0 Å². The van der Waals surface area contributed by atoms with Crippen molar-refractivity contribution >= 4 is 27.6 Å². The number of ether oxygens (including phenoxy) is 2. The van der Waals surface area contributed by atoms with E-state index in [-0.39, 0.29) is 36.2 Å². The lowest BCUT2D eigenvalue weighted by atomic mass is 10.1. The van der Waals surface area contributed by atoms with E-state index in [0.717, 1.165) is 0 Å². The SMILES string of the molecule is COC(=O)CC(=O)N1CCN(CCS(=O)(=O)c2ccccc2)CC1C(=O)N1CCOCC1. The van der Waals surface area contributed by atoms with Crippen LogP contribution in [0, 0.1) is 0 Å². The van der Waals surface area contributed by atoms with Crippen molar-refractivity contribution in [2.45, 2.75) is 17.4 Å². The van der Waals surface area contributed by atoms with Crippen molar-refractivity contribution in [1.82, 2.24) is 14.7 Å². The Morgan fingerprint density at radius 3 is 2.41 bits per heavy atom. The molecule has 2 saturated heterocycles. The molecule has 2 amide bonds. The third-order valence-electron chi connectivity index (χ3n) is 5.69. The number of hydrogen-bond donors (Lipinski definition) is 0. The van der Waals surface area contributed by atoms with Gasteiger partial charge in [0.15, 0.2) is 9.84 Å². The summed E-state index contributed by atoms with van der Waals surface area (Å²) >= 11 is 0. The van der Waals surface area contributed by atoms with Gasteiger partial charge in [-0.05, 0) is 12.1 Å². The largest absolute Gasteiger partial charge is 0.469 e. The van der Waals surface area contributed by atoms with E-state index in [1.165, 1.54) is 12.0 Å². The molecule has 32 heavy (non-hydrogen) atoms. The van der Waals surface area contributed by atoms with Gasteiger partial charge in [-0.3, -0.25) is 19.3 Å². The van der Waals surface area contributed by atoms with Gasteiger partial charge in [0.05, 0.1) is 31.0 Å². The number of esters is 1. The number of piperazine rings is 1. The maximum absolute atomic E-state index is 13.2. The fraction of sp³-hybridized carbons (Fsp3) is 0.571. The highest BCUT2D eigenvalue weighted by Gasteiger charge is 2.38. The normalized spacial score (nSPS) is 20.1. The summed E-state index contributed by atoms with van der Waals surface area (Å²) < 4.78 is 35.2. The minimum Gasteiger partial charge on any atom is -0.469 e. The van der Waals surface area contributed by atoms with Gasteiger partial charge in [0.1, 0.15) is 12.5 Å². The maximum atomic E-state index is 13.2. The van der Waals surface area contributed by atoms with Gasteiger partial charge in [0, 0.05) is 39.3 Å². The van der Waals surface area contributed by atoms with Crippen molar-refractivity contribution < 1.29 is 32.3 Å². The third kappa shape index (κ3) is 6.05. The van der Waals surface area contributed by atoms with Crippen molar-refractivity contribution in [3.8, 4) is 0 Å². The van der Waals surface area contributed by atoms with E-state index in [0.29, 0.717) is 32.8 Å². The van der Waals surface area contributed by atoms with Crippen molar-refractivity contribution in [3.63, 3.8) is 0 Å². The molecule has 0 bridgehead atoms. The molecule has 2 aliphatic heterocycles. The van der Waals surface area contributed by atoms with Crippen LogP contribution >= 0.6 is 0 Å². The second-order valence-corrected chi connectivity index (χ2v) is 9.84. The molecule has 1 aromatic carbocycles. The number of morpholine rings is 1. The van der Waals surface area contributed by atoms with E-state index >= 15 is 0 Å². The van der Waals surface area contributed by atoms with Gasteiger partial charge in [-0.15, -0.1) is 0 Å². The first-order valence-electron chi connectivity index (χ1n) is 10.5. The summed E-state index contributed by atoms with van der Waals surface area (Å²) in [5.74, 6) is -1.45.